The molecular weight excluding hydrogens is 253 g/mol. The van der Waals surface area contributed by atoms with Crippen LogP contribution in [0.5, 0.6) is 0 Å². The van der Waals surface area contributed by atoms with Crippen LogP contribution in [0.2, 0.25) is 0 Å². The van der Waals surface area contributed by atoms with Crippen molar-refractivity contribution >= 4 is 16.7 Å². The minimum absolute atomic E-state index is 0.233. The largest absolute Gasteiger partial charge is 0.399 e. The highest BCUT2D eigenvalue weighted by molar-refractivity contribution is 5.75. The minimum Gasteiger partial charge on any atom is -0.399 e. The Morgan fingerprint density at radius 3 is 2.75 bits per heavy atom. The van der Waals surface area contributed by atoms with Gasteiger partial charge >= 0.3 is 0 Å². The van der Waals surface area contributed by atoms with Gasteiger partial charge in [0, 0.05) is 19.2 Å². The third-order valence-electron chi connectivity index (χ3n) is 3.66. The molecule has 20 heavy (non-hydrogen) atoms. The van der Waals surface area contributed by atoms with Crippen molar-refractivity contribution in [3.63, 3.8) is 0 Å². The van der Waals surface area contributed by atoms with Gasteiger partial charge in [0.05, 0.1) is 11.0 Å². The zero-order chi connectivity index (χ0) is 14.3. The van der Waals surface area contributed by atoms with E-state index in [9.17, 15) is 4.39 Å². The summed E-state index contributed by atoms with van der Waals surface area (Å²) in [6.07, 6.45) is 0.432. The molecule has 3 nitrogen and oxygen atoms in total. The van der Waals surface area contributed by atoms with Crippen molar-refractivity contribution in [1.82, 2.24) is 9.55 Å². The van der Waals surface area contributed by atoms with Crippen molar-refractivity contribution < 1.29 is 4.39 Å². The van der Waals surface area contributed by atoms with E-state index in [4.69, 9.17) is 5.73 Å². The fourth-order valence-corrected chi connectivity index (χ4v) is 2.40. The van der Waals surface area contributed by atoms with Crippen LogP contribution >= 0.6 is 0 Å². The maximum absolute atomic E-state index is 14.0. The Hall–Kier alpha value is -2.36. The van der Waals surface area contributed by atoms with Gasteiger partial charge in [-0.1, -0.05) is 12.1 Å². The molecule has 0 aliphatic heterocycles. The predicted molar refractivity (Wildman–Crippen MR) is 79.1 cm³/mol. The Kier molecular flexibility index (Phi) is 2.93. The molecule has 102 valence electrons. The zero-order valence-corrected chi connectivity index (χ0v) is 11.5. The first-order valence-electron chi connectivity index (χ1n) is 6.51. The molecule has 0 amide bonds. The summed E-state index contributed by atoms with van der Waals surface area (Å²) in [6, 6.07) is 11.1. The Bertz CT molecular complexity index is 790. The van der Waals surface area contributed by atoms with E-state index in [-0.39, 0.29) is 5.82 Å². The summed E-state index contributed by atoms with van der Waals surface area (Å²) in [4.78, 5) is 4.56. The van der Waals surface area contributed by atoms with Gasteiger partial charge in [-0.15, -0.1) is 0 Å². The number of fused-ring (bicyclic) bond motifs is 1. The van der Waals surface area contributed by atoms with Crippen LogP contribution in [0, 0.1) is 12.7 Å². The maximum atomic E-state index is 14.0. The van der Waals surface area contributed by atoms with E-state index in [0.29, 0.717) is 17.7 Å². The van der Waals surface area contributed by atoms with Crippen LogP contribution in [-0.2, 0) is 13.5 Å². The topological polar surface area (TPSA) is 43.8 Å². The summed E-state index contributed by atoms with van der Waals surface area (Å²) in [5.74, 6) is 0.595. The normalized spacial score (nSPS) is 11.2. The van der Waals surface area contributed by atoms with Crippen LogP contribution in [-0.4, -0.2) is 9.55 Å². The van der Waals surface area contributed by atoms with Gasteiger partial charge in [0.15, 0.2) is 0 Å². The molecule has 3 rings (SSSR count). The van der Waals surface area contributed by atoms with E-state index in [2.05, 4.69) is 4.98 Å². The van der Waals surface area contributed by atoms with Gasteiger partial charge in [0.25, 0.3) is 0 Å². The van der Waals surface area contributed by atoms with Gasteiger partial charge in [-0.2, -0.15) is 0 Å². The summed E-state index contributed by atoms with van der Waals surface area (Å²) >= 11 is 0. The van der Waals surface area contributed by atoms with E-state index >= 15 is 0 Å². The number of imidazole rings is 1. The first-order valence-corrected chi connectivity index (χ1v) is 6.51. The highest BCUT2D eigenvalue weighted by Crippen LogP contribution is 2.22. The van der Waals surface area contributed by atoms with Crippen molar-refractivity contribution in [1.29, 1.82) is 0 Å². The number of nitrogen functional groups attached to an aromatic ring is 1. The smallest absolute Gasteiger partial charge is 0.127 e. The second-order valence-corrected chi connectivity index (χ2v) is 5.05. The molecule has 2 aromatic carbocycles. The second-order valence-electron chi connectivity index (χ2n) is 5.05. The van der Waals surface area contributed by atoms with Crippen molar-refractivity contribution in [2.45, 2.75) is 13.3 Å². The SMILES string of the molecule is Cc1cc(F)c(Cc2nc3ccccc3n2C)cc1N. The molecule has 0 bridgehead atoms. The van der Waals surface area contributed by atoms with Crippen LogP contribution in [0.15, 0.2) is 36.4 Å². The lowest BCUT2D eigenvalue weighted by Crippen LogP contribution is -2.03. The highest BCUT2D eigenvalue weighted by Gasteiger charge is 2.12. The van der Waals surface area contributed by atoms with Gasteiger partial charge in [0.2, 0.25) is 0 Å². The van der Waals surface area contributed by atoms with Crippen LogP contribution in [0.3, 0.4) is 0 Å². The lowest BCUT2D eigenvalue weighted by Gasteiger charge is -2.07. The molecule has 3 aromatic rings. The standard InChI is InChI=1S/C16H16FN3/c1-10-7-12(17)11(8-13(10)18)9-16-19-14-5-3-4-6-15(14)20(16)2/h3-8H,9,18H2,1-2H3. The molecule has 0 saturated heterocycles. The predicted octanol–water partition coefficient (Wildman–Crippen LogP) is 3.19. The van der Waals surface area contributed by atoms with Gasteiger partial charge in [-0.25, -0.2) is 9.37 Å². The van der Waals surface area contributed by atoms with E-state index in [1.54, 1.807) is 13.0 Å². The number of rotatable bonds is 2. The molecule has 0 saturated carbocycles. The highest BCUT2D eigenvalue weighted by atomic mass is 19.1. The maximum Gasteiger partial charge on any atom is 0.127 e. The molecule has 0 aliphatic carbocycles. The third-order valence-corrected chi connectivity index (χ3v) is 3.66. The zero-order valence-electron chi connectivity index (χ0n) is 11.5. The number of hydrogen-bond donors (Lipinski definition) is 1. The average Bonchev–Trinajstić information content (AvgIpc) is 2.73. The first kappa shape index (κ1) is 12.7. The fraction of sp³-hybridized carbons (Fsp3) is 0.188. The lowest BCUT2D eigenvalue weighted by molar-refractivity contribution is 0.610. The van der Waals surface area contributed by atoms with Crippen LogP contribution in [0.1, 0.15) is 17.0 Å². The van der Waals surface area contributed by atoms with Crippen molar-refractivity contribution in [3.8, 4) is 0 Å². The fourth-order valence-electron chi connectivity index (χ4n) is 2.40. The number of hydrogen-bond acceptors (Lipinski definition) is 2. The van der Waals surface area contributed by atoms with Crippen molar-refractivity contribution in [2.24, 2.45) is 7.05 Å². The molecular formula is C16H16FN3. The van der Waals surface area contributed by atoms with Crippen molar-refractivity contribution in [3.05, 3.63) is 59.2 Å². The number of halogens is 1. The van der Waals surface area contributed by atoms with E-state index in [0.717, 1.165) is 22.4 Å². The summed E-state index contributed by atoms with van der Waals surface area (Å²) in [5.41, 5.74) is 9.78. The molecule has 0 fully saturated rings. The Labute approximate surface area is 116 Å². The van der Waals surface area contributed by atoms with Gasteiger partial charge in [-0.3, -0.25) is 0 Å². The van der Waals surface area contributed by atoms with Crippen LogP contribution < -0.4 is 5.73 Å². The van der Waals surface area contributed by atoms with Gasteiger partial charge < -0.3 is 10.3 Å². The Balaban J connectivity index is 2.05. The lowest BCUT2D eigenvalue weighted by atomic mass is 10.1. The number of nitrogens with zero attached hydrogens (tertiary/aromatic N) is 2. The first-order chi connectivity index (χ1) is 9.56. The number of aromatic nitrogens is 2. The monoisotopic (exact) mass is 269 g/mol. The summed E-state index contributed by atoms with van der Waals surface area (Å²) in [7, 11) is 1.94. The second kappa shape index (κ2) is 4.63. The third kappa shape index (κ3) is 2.03. The molecule has 0 spiro atoms. The van der Waals surface area contributed by atoms with E-state index < -0.39 is 0 Å². The molecule has 1 heterocycles. The Morgan fingerprint density at radius 2 is 2.00 bits per heavy atom. The molecule has 2 N–H and O–H groups in total. The number of aryl methyl sites for hydroxylation is 2. The number of nitrogens with two attached hydrogens (primary N) is 1. The molecule has 4 heteroatoms. The number of benzene rings is 2. The van der Waals surface area contributed by atoms with Gasteiger partial charge in [0.1, 0.15) is 11.6 Å². The molecule has 0 atom stereocenters. The summed E-state index contributed by atoms with van der Waals surface area (Å²) in [5, 5.41) is 0. The van der Waals surface area contributed by atoms with E-state index in [1.165, 1.54) is 6.07 Å². The van der Waals surface area contributed by atoms with Crippen LogP contribution in [0.25, 0.3) is 11.0 Å². The van der Waals surface area contributed by atoms with Gasteiger partial charge in [-0.05, 0) is 42.3 Å². The minimum atomic E-state index is -0.233. The molecule has 0 aliphatic rings. The Morgan fingerprint density at radius 1 is 1.25 bits per heavy atom. The molecule has 0 unspecified atom stereocenters. The quantitative estimate of drug-likeness (QED) is 0.726. The molecule has 1 aromatic heterocycles. The number of para-hydroxylation sites is 2. The average molecular weight is 269 g/mol. The van der Waals surface area contributed by atoms with Crippen LogP contribution in [0.4, 0.5) is 10.1 Å². The number of anilines is 1. The molecule has 0 radical (unpaired) electrons. The van der Waals surface area contributed by atoms with Crippen molar-refractivity contribution in [2.75, 3.05) is 5.73 Å². The van der Waals surface area contributed by atoms with E-state index in [1.807, 2.05) is 35.9 Å². The summed E-state index contributed by atoms with van der Waals surface area (Å²) in [6.45, 7) is 1.80. The summed E-state index contributed by atoms with van der Waals surface area (Å²) < 4.78 is 16.0.